The van der Waals surface area contributed by atoms with Gasteiger partial charge in [0.05, 0.1) is 33.8 Å². The van der Waals surface area contributed by atoms with E-state index in [4.69, 9.17) is 23.7 Å². The van der Waals surface area contributed by atoms with Gasteiger partial charge < -0.3 is 34.1 Å². The van der Waals surface area contributed by atoms with Crippen LogP contribution in [0, 0.1) is 0 Å². The largest absolute Gasteiger partial charge is 0.497 e. The van der Waals surface area contributed by atoms with Crippen LogP contribution < -0.4 is 14.8 Å². The summed E-state index contributed by atoms with van der Waals surface area (Å²) in [5.41, 5.74) is 3.52. The Labute approximate surface area is 329 Å². The summed E-state index contributed by atoms with van der Waals surface area (Å²) in [5, 5.41) is 15.0. The van der Waals surface area contributed by atoms with E-state index >= 15 is 0 Å². The van der Waals surface area contributed by atoms with Crippen LogP contribution in [0.2, 0.25) is 0 Å². The van der Waals surface area contributed by atoms with Gasteiger partial charge >= 0.3 is 0 Å². The number of hydrogen-bond donors (Lipinski definition) is 2. The maximum atomic E-state index is 13.1. The van der Waals surface area contributed by atoms with E-state index in [1.807, 2.05) is 115 Å². The summed E-state index contributed by atoms with van der Waals surface area (Å²) in [6.07, 6.45) is -0.864. The van der Waals surface area contributed by atoms with Crippen LogP contribution in [0.1, 0.15) is 38.8 Å². The molecule has 1 fully saturated rings. The Morgan fingerprint density at radius 3 is 1.95 bits per heavy atom. The molecule has 0 bridgehead atoms. The molecule has 12 nitrogen and oxygen atoms in total. The Hall–Kier alpha value is -6.44. The fourth-order valence-corrected chi connectivity index (χ4v) is 7.21. The first-order valence-corrected chi connectivity index (χ1v) is 18.5. The molecule has 8 rings (SSSR count). The predicted octanol–water partition coefficient (Wildman–Crippen LogP) is 6.95. The minimum atomic E-state index is -1.15. The molecule has 1 saturated heterocycles. The Morgan fingerprint density at radius 2 is 1.33 bits per heavy atom. The third kappa shape index (κ3) is 7.59. The zero-order valence-corrected chi connectivity index (χ0v) is 31.3. The van der Waals surface area contributed by atoms with E-state index in [0.717, 1.165) is 22.3 Å². The van der Waals surface area contributed by atoms with Gasteiger partial charge in [-0.15, -0.1) is 0 Å². The van der Waals surface area contributed by atoms with Crippen molar-refractivity contribution in [2.24, 2.45) is 0 Å². The molecule has 1 aliphatic rings. The number of methoxy groups -OCH3 is 2. The van der Waals surface area contributed by atoms with Crippen LogP contribution in [-0.4, -0.2) is 69.7 Å². The van der Waals surface area contributed by atoms with Crippen molar-refractivity contribution in [2.45, 2.75) is 36.7 Å². The lowest BCUT2D eigenvalue weighted by Gasteiger charge is -2.37. The second kappa shape index (κ2) is 16.7. The van der Waals surface area contributed by atoms with Crippen LogP contribution in [0.15, 0.2) is 152 Å². The molecule has 57 heavy (non-hydrogen) atoms. The number of amides is 1. The van der Waals surface area contributed by atoms with Gasteiger partial charge in [-0.25, -0.2) is 15.0 Å². The van der Waals surface area contributed by atoms with Crippen molar-refractivity contribution in [3.05, 3.63) is 180 Å². The molecule has 2 aromatic heterocycles. The Balaban J connectivity index is 1.15. The molecule has 0 radical (unpaired) electrons. The first-order chi connectivity index (χ1) is 28.0. The number of fused-ring (bicyclic) bond motifs is 1. The number of hydrogen-bond acceptors (Lipinski definition) is 10. The molecule has 12 heteroatoms. The van der Waals surface area contributed by atoms with Gasteiger partial charge in [0.25, 0.3) is 5.91 Å². The molecule has 0 spiro atoms. The highest BCUT2D eigenvalue weighted by molar-refractivity contribution is 6.06. The Kier molecular flexibility index (Phi) is 11.0. The van der Waals surface area contributed by atoms with Crippen LogP contribution >= 0.6 is 0 Å². The van der Waals surface area contributed by atoms with Crippen LogP contribution in [0.25, 0.3) is 11.2 Å². The number of aliphatic hydroxyl groups excluding tert-OH is 1. The normalized spacial score (nSPS) is 18.0. The van der Waals surface area contributed by atoms with E-state index in [9.17, 15) is 9.90 Å². The van der Waals surface area contributed by atoms with Gasteiger partial charge in [-0.05, 0) is 58.7 Å². The molecule has 1 aliphatic heterocycles. The fraction of sp³-hybridized carbons (Fsp3) is 0.200. The lowest BCUT2D eigenvalue weighted by Crippen LogP contribution is -2.40. The van der Waals surface area contributed by atoms with Crippen LogP contribution in [0.3, 0.4) is 0 Å². The monoisotopic (exact) mass is 763 g/mol. The highest BCUT2D eigenvalue weighted by atomic mass is 16.6. The molecule has 0 unspecified atom stereocenters. The topological polar surface area (TPSA) is 139 Å². The maximum Gasteiger partial charge on any atom is 0.256 e. The molecule has 288 valence electrons. The summed E-state index contributed by atoms with van der Waals surface area (Å²) >= 11 is 0. The number of nitrogens with one attached hydrogen (secondary N) is 1. The molecular weight excluding hydrogens is 723 g/mol. The first kappa shape index (κ1) is 37.5. The van der Waals surface area contributed by atoms with Gasteiger partial charge in [-0.2, -0.15) is 0 Å². The molecule has 0 saturated carbocycles. The number of aromatic nitrogens is 4. The van der Waals surface area contributed by atoms with Crippen LogP contribution in [0.5, 0.6) is 11.5 Å². The van der Waals surface area contributed by atoms with E-state index in [2.05, 4.69) is 20.3 Å². The fourth-order valence-electron chi connectivity index (χ4n) is 7.21. The second-order valence-corrected chi connectivity index (χ2v) is 13.5. The Morgan fingerprint density at radius 1 is 0.754 bits per heavy atom. The number of carbonyl (C=O) groups excluding carboxylic acids is 1. The number of carbonyl (C=O) groups is 1. The molecule has 1 amide bonds. The molecule has 4 atom stereocenters. The first-order valence-electron chi connectivity index (χ1n) is 18.5. The van der Waals surface area contributed by atoms with Crippen molar-refractivity contribution in [3.8, 4) is 11.5 Å². The number of ether oxygens (including phenoxy) is 5. The standard InChI is InChI=1S/C45H41N5O7/c1-53-35-22-18-33(19-23-35)45(32-16-10-5-11-17-32,34-20-24-36(54-2)25-21-34)56-27-37-39(51)40(55-26-30-12-6-3-7-13-30)44(57-37)50-29-48-38-41(46-28-47-42(38)50)49-43(52)31-14-8-4-9-15-31/h3-25,28-29,37,39-40,44,51H,26-27H2,1-2H3,(H,46,47,49,52)/t37-,39-,40-,44-/m1/s1. The number of rotatable bonds is 14. The number of anilines is 1. The SMILES string of the molecule is COc1ccc(C(OC[C@H]2O[C@@H](n3cnc4c(NC(=O)c5ccccc5)ncnc43)[C@H](OCc3ccccc3)[C@@H]2O)(c2ccccc2)c2ccc(OC)cc2)cc1. The average Bonchev–Trinajstić information content (AvgIpc) is 3.85. The van der Waals surface area contributed by atoms with E-state index in [1.165, 1.54) is 6.33 Å². The number of aliphatic hydroxyl groups is 1. The summed E-state index contributed by atoms with van der Waals surface area (Å²) in [7, 11) is 3.25. The third-order valence-electron chi connectivity index (χ3n) is 10.1. The lowest BCUT2D eigenvalue weighted by atomic mass is 9.80. The van der Waals surface area contributed by atoms with Crippen LogP contribution in [0.4, 0.5) is 5.82 Å². The molecular formula is C45H41N5O7. The van der Waals surface area contributed by atoms with Crippen molar-refractivity contribution in [1.29, 1.82) is 0 Å². The van der Waals surface area contributed by atoms with Crippen molar-refractivity contribution < 1.29 is 33.6 Å². The summed E-state index contributed by atoms with van der Waals surface area (Å²) in [4.78, 5) is 26.5. The molecule has 7 aromatic rings. The second-order valence-electron chi connectivity index (χ2n) is 13.5. The summed E-state index contributed by atoms with van der Waals surface area (Å²) in [5.74, 6) is 1.30. The van der Waals surface area contributed by atoms with Gasteiger partial charge in [-0.1, -0.05) is 103 Å². The van der Waals surface area contributed by atoms with Crippen LogP contribution in [-0.2, 0) is 26.4 Å². The minimum Gasteiger partial charge on any atom is -0.497 e. The van der Waals surface area contributed by atoms with Gasteiger partial charge in [0.1, 0.15) is 41.7 Å². The minimum absolute atomic E-state index is 0.0458. The van der Waals surface area contributed by atoms with Gasteiger partial charge in [0.15, 0.2) is 23.2 Å². The number of benzene rings is 5. The van der Waals surface area contributed by atoms with Crippen molar-refractivity contribution in [3.63, 3.8) is 0 Å². The average molecular weight is 764 g/mol. The summed E-state index contributed by atoms with van der Waals surface area (Å²) in [6, 6.07) is 43.9. The van der Waals surface area contributed by atoms with E-state index in [1.54, 1.807) is 49.4 Å². The zero-order chi connectivity index (χ0) is 39.2. The maximum absolute atomic E-state index is 13.1. The molecule has 3 heterocycles. The molecule has 2 N–H and O–H groups in total. The smallest absolute Gasteiger partial charge is 0.256 e. The molecule has 5 aromatic carbocycles. The third-order valence-corrected chi connectivity index (χ3v) is 10.1. The van der Waals surface area contributed by atoms with Crippen molar-refractivity contribution in [2.75, 3.05) is 26.1 Å². The highest BCUT2D eigenvalue weighted by Crippen LogP contribution is 2.43. The van der Waals surface area contributed by atoms with E-state index < -0.39 is 30.1 Å². The van der Waals surface area contributed by atoms with E-state index in [-0.39, 0.29) is 24.9 Å². The zero-order valence-electron chi connectivity index (χ0n) is 31.3. The summed E-state index contributed by atoms with van der Waals surface area (Å²) < 4.78 is 33.1. The lowest BCUT2D eigenvalue weighted by molar-refractivity contribution is -0.0968. The van der Waals surface area contributed by atoms with Gasteiger partial charge in [0, 0.05) is 5.56 Å². The molecule has 0 aliphatic carbocycles. The van der Waals surface area contributed by atoms with E-state index in [0.29, 0.717) is 28.2 Å². The predicted molar refractivity (Wildman–Crippen MR) is 213 cm³/mol. The number of imidazole rings is 1. The Bertz CT molecular complexity index is 2350. The van der Waals surface area contributed by atoms with Gasteiger partial charge in [-0.3, -0.25) is 9.36 Å². The number of nitrogens with zero attached hydrogens (tertiary/aromatic N) is 4. The quantitative estimate of drug-likeness (QED) is 0.112. The summed E-state index contributed by atoms with van der Waals surface area (Å²) in [6.45, 7) is 0.164. The highest BCUT2D eigenvalue weighted by Gasteiger charge is 2.48. The van der Waals surface area contributed by atoms with Gasteiger partial charge in [0.2, 0.25) is 0 Å². The van der Waals surface area contributed by atoms with Crippen molar-refractivity contribution >= 4 is 22.9 Å². The van der Waals surface area contributed by atoms with Crippen molar-refractivity contribution in [1.82, 2.24) is 19.5 Å².